The van der Waals surface area contributed by atoms with Crippen LogP contribution in [0.25, 0.3) is 0 Å². The first kappa shape index (κ1) is 29.9. The van der Waals surface area contributed by atoms with Crippen molar-refractivity contribution in [3.63, 3.8) is 0 Å². The van der Waals surface area contributed by atoms with E-state index in [9.17, 15) is 9.59 Å². The van der Waals surface area contributed by atoms with E-state index in [1.165, 1.54) is 109 Å². The molecule has 0 aliphatic heterocycles. The van der Waals surface area contributed by atoms with Crippen LogP contribution in [0.5, 0.6) is 0 Å². The summed E-state index contributed by atoms with van der Waals surface area (Å²) in [6.45, 7) is 4.50. The lowest BCUT2D eigenvalue weighted by atomic mass is 10.0. The first-order valence-electron chi connectivity index (χ1n) is 13.5. The third-order valence-electron chi connectivity index (χ3n) is 6.10. The number of hydrogen-bond donors (Lipinski definition) is 1. The molecule has 1 atom stereocenters. The smallest absolute Gasteiger partial charge is 0.317 e. The second kappa shape index (κ2) is 23.6. The van der Waals surface area contributed by atoms with Crippen molar-refractivity contribution >= 4 is 11.9 Å². The number of aliphatic carboxylic acids is 1. The Labute approximate surface area is 192 Å². The highest BCUT2D eigenvalue weighted by atomic mass is 16.5. The van der Waals surface area contributed by atoms with Crippen molar-refractivity contribution in [2.24, 2.45) is 0 Å². The lowest BCUT2D eigenvalue weighted by Crippen LogP contribution is -2.20. The number of carbonyl (C=O) groups is 2. The maximum atomic E-state index is 11.8. The summed E-state index contributed by atoms with van der Waals surface area (Å²) in [6.07, 6.45) is 25.5. The minimum absolute atomic E-state index is 0.106. The molecular formula is C27H52O4. The molecule has 1 unspecified atom stereocenters. The minimum Gasteiger partial charge on any atom is -0.481 e. The SMILES string of the molecule is CCCCCCCCCCCCC(CCCCCCCCCCC)OC(=O)CC(=O)O. The zero-order chi connectivity index (χ0) is 23.0. The molecule has 31 heavy (non-hydrogen) atoms. The first-order valence-corrected chi connectivity index (χ1v) is 13.5. The fourth-order valence-electron chi connectivity index (χ4n) is 4.16. The average molecular weight is 441 g/mol. The maximum Gasteiger partial charge on any atom is 0.317 e. The van der Waals surface area contributed by atoms with Gasteiger partial charge in [0.2, 0.25) is 0 Å². The van der Waals surface area contributed by atoms with Gasteiger partial charge in [-0.15, -0.1) is 0 Å². The molecule has 0 aliphatic rings. The largest absolute Gasteiger partial charge is 0.481 e. The Kier molecular flexibility index (Phi) is 22.8. The molecule has 0 radical (unpaired) electrons. The zero-order valence-corrected chi connectivity index (χ0v) is 20.8. The molecule has 0 rings (SSSR count). The quantitative estimate of drug-likeness (QED) is 0.0926. The number of ether oxygens (including phenoxy) is 1. The van der Waals surface area contributed by atoms with Crippen LogP contribution >= 0.6 is 0 Å². The van der Waals surface area contributed by atoms with Gasteiger partial charge in [-0.05, 0) is 25.7 Å². The van der Waals surface area contributed by atoms with Gasteiger partial charge in [0.1, 0.15) is 12.5 Å². The summed E-state index contributed by atoms with van der Waals surface area (Å²) in [5, 5.41) is 8.81. The molecule has 1 N–H and O–H groups in total. The van der Waals surface area contributed by atoms with E-state index in [4.69, 9.17) is 9.84 Å². The van der Waals surface area contributed by atoms with Crippen molar-refractivity contribution in [2.45, 2.75) is 161 Å². The predicted octanol–water partition coefficient (Wildman–Crippen LogP) is 8.60. The second-order valence-electron chi connectivity index (χ2n) is 9.27. The van der Waals surface area contributed by atoms with Crippen LogP contribution in [0.1, 0.15) is 155 Å². The summed E-state index contributed by atoms with van der Waals surface area (Å²) in [4.78, 5) is 22.6. The molecule has 0 saturated carbocycles. The van der Waals surface area contributed by atoms with E-state index < -0.39 is 18.4 Å². The first-order chi connectivity index (χ1) is 15.1. The summed E-state index contributed by atoms with van der Waals surface area (Å²) in [7, 11) is 0. The van der Waals surface area contributed by atoms with Gasteiger partial charge in [0, 0.05) is 0 Å². The maximum absolute atomic E-state index is 11.8. The summed E-state index contributed by atoms with van der Waals surface area (Å²) in [5.74, 6) is -1.69. The molecule has 0 amide bonds. The molecule has 184 valence electrons. The normalized spacial score (nSPS) is 12.1. The third-order valence-corrected chi connectivity index (χ3v) is 6.10. The molecule has 0 aromatic heterocycles. The van der Waals surface area contributed by atoms with Crippen molar-refractivity contribution < 1.29 is 19.4 Å². The Morgan fingerprint density at radius 3 is 1.23 bits per heavy atom. The number of unbranched alkanes of at least 4 members (excludes halogenated alkanes) is 17. The monoisotopic (exact) mass is 440 g/mol. The van der Waals surface area contributed by atoms with E-state index in [1.807, 2.05) is 0 Å². The van der Waals surface area contributed by atoms with Gasteiger partial charge in [0.15, 0.2) is 0 Å². The Balaban J connectivity index is 3.90. The molecule has 0 heterocycles. The lowest BCUT2D eigenvalue weighted by Gasteiger charge is -2.17. The standard InChI is InChI=1S/C27H52O4/c1-3-5-7-9-11-13-15-17-19-21-23-25(31-27(30)24-26(28)29)22-20-18-16-14-12-10-8-6-4-2/h25H,3-24H2,1-2H3,(H,28,29). The van der Waals surface area contributed by atoms with E-state index in [1.54, 1.807) is 0 Å². The molecule has 0 aromatic rings. The number of carboxylic acids is 1. The highest BCUT2D eigenvalue weighted by Gasteiger charge is 2.16. The highest BCUT2D eigenvalue weighted by Crippen LogP contribution is 2.18. The van der Waals surface area contributed by atoms with Gasteiger partial charge in [-0.2, -0.15) is 0 Å². The van der Waals surface area contributed by atoms with E-state index >= 15 is 0 Å². The van der Waals surface area contributed by atoms with Crippen molar-refractivity contribution in [2.75, 3.05) is 0 Å². The Bertz CT molecular complexity index is 408. The second-order valence-corrected chi connectivity index (χ2v) is 9.27. The molecule has 0 aliphatic carbocycles. The van der Waals surface area contributed by atoms with Gasteiger partial charge in [0.05, 0.1) is 0 Å². The van der Waals surface area contributed by atoms with Crippen LogP contribution in [0.15, 0.2) is 0 Å². The van der Waals surface area contributed by atoms with Crippen LogP contribution in [-0.2, 0) is 14.3 Å². The predicted molar refractivity (Wildman–Crippen MR) is 130 cm³/mol. The van der Waals surface area contributed by atoms with E-state index in [0.717, 1.165) is 25.7 Å². The van der Waals surface area contributed by atoms with Crippen LogP contribution in [0.2, 0.25) is 0 Å². The Hall–Kier alpha value is -1.06. The van der Waals surface area contributed by atoms with Gasteiger partial charge in [-0.1, -0.05) is 123 Å². The molecule has 0 aromatic carbocycles. The van der Waals surface area contributed by atoms with Crippen LogP contribution in [0.4, 0.5) is 0 Å². The summed E-state index contributed by atoms with van der Waals surface area (Å²) >= 11 is 0. The number of carboxylic acid groups (broad SMARTS) is 1. The Morgan fingerprint density at radius 1 is 0.581 bits per heavy atom. The number of esters is 1. The van der Waals surface area contributed by atoms with E-state index in [0.29, 0.717) is 0 Å². The van der Waals surface area contributed by atoms with Crippen molar-refractivity contribution in [3.8, 4) is 0 Å². The number of rotatable bonds is 24. The molecule has 0 bridgehead atoms. The van der Waals surface area contributed by atoms with Crippen LogP contribution in [0.3, 0.4) is 0 Å². The summed E-state index contributed by atoms with van der Waals surface area (Å²) < 4.78 is 5.50. The lowest BCUT2D eigenvalue weighted by molar-refractivity contribution is -0.155. The zero-order valence-electron chi connectivity index (χ0n) is 20.8. The molecule has 0 saturated heterocycles. The molecular weight excluding hydrogens is 388 g/mol. The van der Waals surface area contributed by atoms with Gasteiger partial charge in [-0.3, -0.25) is 9.59 Å². The summed E-state index contributed by atoms with van der Waals surface area (Å²) in [5.41, 5.74) is 0. The van der Waals surface area contributed by atoms with Crippen molar-refractivity contribution in [3.05, 3.63) is 0 Å². The van der Waals surface area contributed by atoms with Gasteiger partial charge < -0.3 is 9.84 Å². The number of carbonyl (C=O) groups excluding carboxylic acids is 1. The fourth-order valence-corrected chi connectivity index (χ4v) is 4.16. The summed E-state index contributed by atoms with van der Waals surface area (Å²) in [6, 6.07) is 0. The molecule has 0 fully saturated rings. The molecule has 4 heteroatoms. The Morgan fingerprint density at radius 2 is 0.903 bits per heavy atom. The van der Waals surface area contributed by atoms with Crippen LogP contribution < -0.4 is 0 Å². The number of hydrogen-bond acceptors (Lipinski definition) is 3. The van der Waals surface area contributed by atoms with Crippen LogP contribution in [-0.4, -0.2) is 23.1 Å². The van der Waals surface area contributed by atoms with E-state index in [2.05, 4.69) is 13.8 Å². The topological polar surface area (TPSA) is 63.6 Å². The minimum atomic E-state index is -1.11. The fraction of sp³-hybridized carbons (Fsp3) is 0.926. The van der Waals surface area contributed by atoms with Gasteiger partial charge >= 0.3 is 11.9 Å². The van der Waals surface area contributed by atoms with Crippen LogP contribution in [0, 0.1) is 0 Å². The highest BCUT2D eigenvalue weighted by molar-refractivity contribution is 5.90. The van der Waals surface area contributed by atoms with E-state index in [-0.39, 0.29) is 6.10 Å². The molecule has 4 nitrogen and oxygen atoms in total. The third kappa shape index (κ3) is 23.4. The van der Waals surface area contributed by atoms with Crippen molar-refractivity contribution in [1.29, 1.82) is 0 Å². The van der Waals surface area contributed by atoms with Crippen molar-refractivity contribution in [1.82, 2.24) is 0 Å². The van der Waals surface area contributed by atoms with Gasteiger partial charge in [-0.25, -0.2) is 0 Å². The molecule has 0 spiro atoms. The van der Waals surface area contributed by atoms with Gasteiger partial charge in [0.25, 0.3) is 0 Å². The average Bonchev–Trinajstić information content (AvgIpc) is 2.73.